The fourth-order valence-corrected chi connectivity index (χ4v) is 3.18. The third-order valence-corrected chi connectivity index (χ3v) is 4.92. The first kappa shape index (κ1) is 29.0. The Kier molecular flexibility index (Phi) is 12.2. The van der Waals surface area contributed by atoms with Crippen molar-refractivity contribution in [3.05, 3.63) is 35.3 Å². The number of hydrogen-bond donors (Lipinski definition) is 5. The van der Waals surface area contributed by atoms with Crippen LogP contribution in [0.15, 0.2) is 29.7 Å². The smallest absolute Gasteiger partial charge is 0.336 e. The van der Waals surface area contributed by atoms with E-state index in [4.69, 9.17) is 36.9 Å². The van der Waals surface area contributed by atoms with E-state index < -0.39 is 42.5 Å². The van der Waals surface area contributed by atoms with Crippen LogP contribution < -0.4 is 4.73 Å². The third kappa shape index (κ3) is 11.2. The Morgan fingerprint density at radius 2 is 1.76 bits per heavy atom. The number of oxime groups is 1. The lowest BCUT2D eigenvalue weighted by Crippen LogP contribution is -2.42. The minimum absolute atomic E-state index is 0.0803. The molecule has 34 heavy (non-hydrogen) atoms. The minimum Gasteiger partial charge on any atom is -0.619 e. The van der Waals surface area contributed by atoms with Crippen molar-refractivity contribution in [2.75, 3.05) is 26.2 Å². The quantitative estimate of drug-likeness (QED) is 0.115. The van der Waals surface area contributed by atoms with Crippen molar-refractivity contribution in [1.82, 2.24) is 4.90 Å². The predicted octanol–water partition coefficient (Wildman–Crippen LogP) is -0.165. The largest absolute Gasteiger partial charge is 0.619 e. The van der Waals surface area contributed by atoms with Gasteiger partial charge in [0.1, 0.15) is 12.7 Å². The van der Waals surface area contributed by atoms with E-state index in [1.807, 2.05) is 0 Å². The van der Waals surface area contributed by atoms with Gasteiger partial charge in [-0.25, -0.2) is 4.79 Å². The number of carboxylic acid groups (broad SMARTS) is 3. The number of nitrogens with zero attached hydrogens (tertiary/aromatic N) is 3. The van der Waals surface area contributed by atoms with Crippen LogP contribution >= 0.6 is 11.6 Å². The van der Waals surface area contributed by atoms with Crippen LogP contribution in [0.2, 0.25) is 0 Å². The van der Waals surface area contributed by atoms with Crippen LogP contribution in [0.5, 0.6) is 0 Å². The lowest BCUT2D eigenvalue weighted by Gasteiger charge is -2.27. The van der Waals surface area contributed by atoms with Crippen LogP contribution in [0.4, 0.5) is 0 Å². The number of carbonyl (C=O) groups is 3. The second kappa shape index (κ2) is 14.3. The van der Waals surface area contributed by atoms with E-state index in [2.05, 4.69) is 10.1 Å². The number of halogens is 1. The highest BCUT2D eigenvalue weighted by Crippen LogP contribution is 2.15. The van der Waals surface area contributed by atoms with Gasteiger partial charge in [-0.05, 0) is 32.0 Å². The van der Waals surface area contributed by atoms with Gasteiger partial charge >= 0.3 is 17.9 Å². The average Bonchev–Trinajstić information content (AvgIpc) is 2.73. The van der Waals surface area contributed by atoms with Crippen LogP contribution in [0, 0.1) is 5.21 Å². The van der Waals surface area contributed by atoms with Crippen molar-refractivity contribution in [3.63, 3.8) is 0 Å². The van der Waals surface area contributed by atoms with Crippen molar-refractivity contribution in [2.45, 2.75) is 43.8 Å². The fourth-order valence-electron chi connectivity index (χ4n) is 3.02. The van der Waals surface area contributed by atoms with Crippen LogP contribution in [0.1, 0.15) is 37.7 Å². The highest BCUT2D eigenvalue weighted by molar-refractivity contribution is 6.69. The number of aliphatic hydroxyl groups excluding tert-OH is 1. The van der Waals surface area contributed by atoms with Crippen molar-refractivity contribution in [2.24, 2.45) is 5.16 Å². The molecule has 0 aliphatic carbocycles. The number of β-amino-alcohol motifs (C(OH)–C–C–N with tert-alkyl or cyclic N) is 1. The molecule has 0 saturated carbocycles. The van der Waals surface area contributed by atoms with E-state index in [9.17, 15) is 24.7 Å². The van der Waals surface area contributed by atoms with E-state index >= 15 is 0 Å². The van der Waals surface area contributed by atoms with Crippen LogP contribution in [-0.2, 0) is 19.2 Å². The molecular formula is C20H28ClN3O10. The van der Waals surface area contributed by atoms with Crippen LogP contribution in [0.25, 0.3) is 0 Å². The Balaban J connectivity index is 0.000000385. The normalized spacial score (nSPS) is 15.6. The van der Waals surface area contributed by atoms with Gasteiger partial charge in [-0.2, -0.15) is 4.73 Å². The van der Waals surface area contributed by atoms with Crippen molar-refractivity contribution >= 4 is 34.7 Å². The van der Waals surface area contributed by atoms with Crippen molar-refractivity contribution in [1.29, 1.82) is 0 Å². The first-order valence-electron chi connectivity index (χ1n) is 10.3. The molecule has 2 rings (SSSR count). The van der Waals surface area contributed by atoms with Gasteiger partial charge in [-0.15, -0.1) is 0 Å². The molecule has 1 fully saturated rings. The molecule has 0 bridgehead atoms. The second-order valence-electron chi connectivity index (χ2n) is 7.62. The van der Waals surface area contributed by atoms with E-state index in [-0.39, 0.29) is 11.8 Å². The van der Waals surface area contributed by atoms with Gasteiger partial charge < -0.3 is 40.5 Å². The Bertz CT molecular complexity index is 845. The van der Waals surface area contributed by atoms with E-state index in [0.717, 1.165) is 13.1 Å². The van der Waals surface area contributed by atoms with Gasteiger partial charge in [0.2, 0.25) is 0 Å². The summed E-state index contributed by atoms with van der Waals surface area (Å²) in [6.07, 6.45) is 3.40. The maximum Gasteiger partial charge on any atom is 0.336 e. The SMILES string of the molecule is O=C(O)CC(O)(CC(=O)O)C(=O)O.[O-][n+]1cccc(C(Cl)=NOC[C@@H](O)CN2CCCCC2)c1. The molecule has 2 heterocycles. The summed E-state index contributed by atoms with van der Waals surface area (Å²) in [6, 6.07) is 3.24. The van der Waals surface area contributed by atoms with Crippen LogP contribution in [0.3, 0.4) is 0 Å². The fraction of sp³-hybridized carbons (Fsp3) is 0.550. The zero-order valence-electron chi connectivity index (χ0n) is 18.2. The predicted molar refractivity (Wildman–Crippen MR) is 117 cm³/mol. The molecule has 14 heteroatoms. The maximum absolute atomic E-state index is 11.1. The number of aromatic nitrogens is 1. The summed E-state index contributed by atoms with van der Waals surface area (Å²) in [5.74, 6) is -5.02. The molecule has 0 radical (unpaired) electrons. The maximum atomic E-state index is 11.1. The van der Waals surface area contributed by atoms with Gasteiger partial charge in [0.05, 0.1) is 18.4 Å². The van der Waals surface area contributed by atoms with Gasteiger partial charge in [0.25, 0.3) is 0 Å². The topological polar surface area (TPSA) is 204 Å². The van der Waals surface area contributed by atoms with E-state index in [1.54, 1.807) is 12.1 Å². The Hall–Kier alpha value is -3.00. The minimum atomic E-state index is -2.74. The number of aliphatic hydroxyl groups is 2. The number of piperidine rings is 1. The number of rotatable bonds is 11. The zero-order valence-corrected chi connectivity index (χ0v) is 19.0. The molecule has 1 aliphatic heterocycles. The number of carboxylic acids is 3. The van der Waals surface area contributed by atoms with Crippen molar-refractivity contribution in [3.8, 4) is 0 Å². The molecule has 1 atom stereocenters. The first-order valence-corrected chi connectivity index (χ1v) is 10.6. The lowest BCUT2D eigenvalue weighted by molar-refractivity contribution is -0.605. The number of likely N-dealkylation sites (tertiary alicyclic amines) is 1. The van der Waals surface area contributed by atoms with Gasteiger partial charge in [0, 0.05) is 12.6 Å². The molecule has 1 saturated heterocycles. The van der Waals surface area contributed by atoms with Gasteiger partial charge in [-0.1, -0.05) is 23.2 Å². The molecule has 0 aromatic carbocycles. The molecule has 5 N–H and O–H groups in total. The highest BCUT2D eigenvalue weighted by atomic mass is 35.5. The number of pyridine rings is 1. The van der Waals surface area contributed by atoms with Gasteiger partial charge in [-0.3, -0.25) is 9.59 Å². The zero-order chi connectivity index (χ0) is 25.7. The third-order valence-electron chi connectivity index (χ3n) is 4.63. The summed E-state index contributed by atoms with van der Waals surface area (Å²) in [7, 11) is 0. The highest BCUT2D eigenvalue weighted by Gasteiger charge is 2.40. The van der Waals surface area contributed by atoms with Crippen molar-refractivity contribution < 1.29 is 49.5 Å². The molecule has 1 aromatic heterocycles. The standard InChI is InChI=1S/C14H20ClN3O3.C6H8O7/c15-14(12-5-4-8-18(20)9-12)16-21-11-13(19)10-17-6-2-1-3-7-17;7-3(8)1-6(13,5(11)12)2-4(9)10/h4-5,8-9,13,19H,1-3,6-7,10-11H2;13H,1-2H2,(H,7,8)(H,9,10)(H,11,12)/t13-;/m0./s1. The summed E-state index contributed by atoms with van der Waals surface area (Å²) < 4.78 is 0.637. The number of aliphatic carboxylic acids is 3. The summed E-state index contributed by atoms with van der Waals surface area (Å²) in [6.45, 7) is 2.71. The summed E-state index contributed by atoms with van der Waals surface area (Å²) >= 11 is 5.93. The molecule has 190 valence electrons. The Morgan fingerprint density at radius 3 is 2.26 bits per heavy atom. The molecular weight excluding hydrogens is 478 g/mol. The molecule has 0 unspecified atom stereocenters. The first-order chi connectivity index (χ1) is 15.9. The van der Waals surface area contributed by atoms with E-state index in [0.29, 0.717) is 16.8 Å². The number of hydrogen-bond acceptors (Lipinski definition) is 9. The molecule has 13 nitrogen and oxygen atoms in total. The summed E-state index contributed by atoms with van der Waals surface area (Å²) in [5.41, 5.74) is -2.27. The molecule has 1 aliphatic rings. The monoisotopic (exact) mass is 505 g/mol. The average molecular weight is 506 g/mol. The second-order valence-corrected chi connectivity index (χ2v) is 7.98. The Labute approximate surface area is 200 Å². The Morgan fingerprint density at radius 1 is 1.18 bits per heavy atom. The summed E-state index contributed by atoms with van der Waals surface area (Å²) in [5, 5.41) is 58.6. The summed E-state index contributed by atoms with van der Waals surface area (Å²) in [4.78, 5) is 37.8. The van der Waals surface area contributed by atoms with Gasteiger partial charge in [0.15, 0.2) is 23.2 Å². The molecule has 0 amide bonds. The van der Waals surface area contributed by atoms with Crippen LogP contribution in [-0.4, -0.2) is 91.5 Å². The van der Waals surface area contributed by atoms with E-state index in [1.165, 1.54) is 31.7 Å². The molecule has 1 aromatic rings. The molecule has 0 spiro atoms. The lowest BCUT2D eigenvalue weighted by atomic mass is 9.96.